The lowest BCUT2D eigenvalue weighted by Gasteiger charge is -2.45. The molecule has 5 rings (SSSR count). The van der Waals surface area contributed by atoms with E-state index in [1.807, 2.05) is 19.1 Å². The summed E-state index contributed by atoms with van der Waals surface area (Å²) < 4.78 is 37.7. The molecule has 0 amide bonds. The fourth-order valence-corrected chi connectivity index (χ4v) is 14.1. The molecule has 2 aromatic rings. The highest BCUT2D eigenvalue weighted by Crippen LogP contribution is 2.40. The Kier molecular flexibility index (Phi) is 20.6. The standard InChI is InChI=1S/C54H76O7Si/c1-8-9-10-11-12-13-16-21-28-42(2)48-35-36-51(59-48)52-38-37-50(60-52)49(57-41-56-7)34-27-18-15-14-17-22-29-45(40-44-39-43(3)58-53(44)55)61-62(54(4,5)6,46-30-23-19-24-31-46)47-32-25-20-26-33-47/h14-15,19-20,23-26,30-33,39,42-43,45,48-52H,8-13,17,22,28-29,34-38,40-41H2,1-7H3/b15-14+/t42-,43+,45+,48-,49-,50-,51-,52-/m1/s1. The summed E-state index contributed by atoms with van der Waals surface area (Å²) in [6.07, 6.45) is 21.8. The molecule has 0 N–H and O–H groups in total. The van der Waals surface area contributed by atoms with E-state index in [0.717, 1.165) is 57.8 Å². The van der Waals surface area contributed by atoms with Crippen molar-refractivity contribution in [2.24, 2.45) is 5.92 Å². The molecule has 0 aliphatic carbocycles. The van der Waals surface area contributed by atoms with Crippen LogP contribution in [0.25, 0.3) is 0 Å². The zero-order chi connectivity index (χ0) is 44.2. The van der Waals surface area contributed by atoms with E-state index in [1.54, 1.807) is 7.11 Å². The molecule has 3 aliphatic heterocycles. The Morgan fingerprint density at radius 1 is 0.839 bits per heavy atom. The first-order valence-corrected chi connectivity index (χ1v) is 25.7. The second kappa shape index (κ2) is 25.7. The monoisotopic (exact) mass is 865 g/mol. The molecular formula is C54H76O7Si. The van der Waals surface area contributed by atoms with E-state index in [1.165, 1.54) is 42.5 Å². The Labute approximate surface area is 376 Å². The Bertz CT molecular complexity index is 1770. The number of carbonyl (C=O) groups excluding carboxylic acids is 1. The molecule has 0 saturated carbocycles. The molecular weight excluding hydrogens is 789 g/mol. The normalized spacial score (nSPS) is 23.0. The van der Waals surface area contributed by atoms with Crippen molar-refractivity contribution >= 4 is 24.7 Å². The third kappa shape index (κ3) is 14.5. The van der Waals surface area contributed by atoms with E-state index < -0.39 is 8.32 Å². The molecule has 0 spiro atoms. The van der Waals surface area contributed by atoms with Gasteiger partial charge in [0.15, 0.2) is 0 Å². The number of hydrogen-bond donors (Lipinski definition) is 0. The largest absolute Gasteiger partial charge is 0.455 e. The Morgan fingerprint density at radius 2 is 1.50 bits per heavy atom. The van der Waals surface area contributed by atoms with E-state index in [4.69, 9.17) is 28.1 Å². The van der Waals surface area contributed by atoms with Gasteiger partial charge in [-0.2, -0.15) is 0 Å². The molecule has 0 aromatic heterocycles. The molecule has 8 heteroatoms. The van der Waals surface area contributed by atoms with Crippen molar-refractivity contribution in [3.63, 3.8) is 0 Å². The van der Waals surface area contributed by atoms with E-state index >= 15 is 0 Å². The Balaban J connectivity index is 1.14. The number of ether oxygens (including phenoxy) is 5. The van der Waals surface area contributed by atoms with Crippen LogP contribution >= 0.6 is 0 Å². The quantitative estimate of drug-likeness (QED) is 0.0362. The second-order valence-electron chi connectivity index (χ2n) is 18.7. The molecule has 0 bridgehead atoms. The first kappa shape index (κ1) is 49.5. The number of rotatable bonds is 23. The van der Waals surface area contributed by atoms with Crippen LogP contribution in [0.2, 0.25) is 5.04 Å². The van der Waals surface area contributed by atoms with Crippen molar-refractivity contribution in [3.05, 3.63) is 84.5 Å². The summed E-state index contributed by atoms with van der Waals surface area (Å²) in [5.74, 6) is 13.6. The molecule has 3 heterocycles. The molecule has 2 fully saturated rings. The zero-order valence-corrected chi connectivity index (χ0v) is 40.0. The number of unbranched alkanes of at least 4 members (excludes halogenated alkanes) is 6. The predicted molar refractivity (Wildman–Crippen MR) is 254 cm³/mol. The van der Waals surface area contributed by atoms with Crippen LogP contribution in [-0.4, -0.2) is 70.9 Å². The van der Waals surface area contributed by atoms with Gasteiger partial charge >= 0.3 is 5.97 Å². The number of methoxy groups -OCH3 is 1. The topological polar surface area (TPSA) is 72.5 Å². The van der Waals surface area contributed by atoms with Crippen LogP contribution in [0, 0.1) is 29.6 Å². The molecule has 3 aliphatic rings. The molecule has 0 unspecified atom stereocenters. The van der Waals surface area contributed by atoms with E-state index in [-0.39, 0.29) is 60.5 Å². The van der Waals surface area contributed by atoms with Crippen molar-refractivity contribution in [2.45, 2.75) is 192 Å². The number of cyclic esters (lactones) is 1. The van der Waals surface area contributed by atoms with Gasteiger partial charge in [0.25, 0.3) is 8.32 Å². The smallest absolute Gasteiger partial charge is 0.334 e. The van der Waals surface area contributed by atoms with Crippen LogP contribution in [0.1, 0.15) is 144 Å². The summed E-state index contributed by atoms with van der Waals surface area (Å²) in [6.45, 7) is 13.5. The number of benzene rings is 2. The fraction of sp³-hybridized carbons (Fsp3) is 0.611. The lowest BCUT2D eigenvalue weighted by atomic mass is 9.98. The Hall–Kier alpha value is -3.47. The van der Waals surface area contributed by atoms with Crippen LogP contribution < -0.4 is 10.4 Å². The maximum absolute atomic E-state index is 12.9. The highest BCUT2D eigenvalue weighted by molar-refractivity contribution is 6.99. The van der Waals surface area contributed by atoms with Gasteiger partial charge in [-0.05, 0) is 91.8 Å². The Morgan fingerprint density at radius 3 is 2.13 bits per heavy atom. The van der Waals surface area contributed by atoms with E-state index in [9.17, 15) is 4.79 Å². The molecule has 2 aromatic carbocycles. The number of hydrogen-bond acceptors (Lipinski definition) is 7. The molecule has 0 radical (unpaired) electrons. The maximum Gasteiger partial charge on any atom is 0.334 e. The number of carbonyl (C=O) groups is 1. The molecule has 338 valence electrons. The summed E-state index contributed by atoms with van der Waals surface area (Å²) in [5, 5.41) is 2.28. The van der Waals surface area contributed by atoms with Crippen molar-refractivity contribution in [1.29, 1.82) is 0 Å². The van der Waals surface area contributed by atoms with Gasteiger partial charge in [-0.25, -0.2) is 4.79 Å². The van der Waals surface area contributed by atoms with Gasteiger partial charge in [-0.1, -0.05) is 139 Å². The van der Waals surface area contributed by atoms with Crippen LogP contribution in [0.4, 0.5) is 0 Å². The molecule has 7 nitrogen and oxygen atoms in total. The summed E-state index contributed by atoms with van der Waals surface area (Å²) in [4.78, 5) is 12.9. The lowest BCUT2D eigenvalue weighted by molar-refractivity contribution is -0.139. The average molecular weight is 865 g/mol. The van der Waals surface area contributed by atoms with Gasteiger partial charge < -0.3 is 28.1 Å². The third-order valence-electron chi connectivity index (χ3n) is 12.7. The SMILES string of the molecule is CCCCCCCC#CC[C@@H](C)[C@H]1CC[C@H]([C@H]2CC[C@H]([C@@H](CC#C/C=C/CCC[C@@H](CC3=C[C@H](C)OC3=O)O[Si](c3ccccc3)(c3ccccc3)C(C)(C)C)OCOC)O2)O1. The van der Waals surface area contributed by atoms with Crippen molar-refractivity contribution in [3.8, 4) is 23.7 Å². The second-order valence-corrected chi connectivity index (χ2v) is 22.9. The first-order chi connectivity index (χ1) is 30.1. The minimum atomic E-state index is -2.83. The van der Waals surface area contributed by atoms with Crippen LogP contribution in [0.15, 0.2) is 84.5 Å². The molecule has 8 atom stereocenters. The summed E-state index contributed by atoms with van der Waals surface area (Å²) in [5.41, 5.74) is 0.707. The highest BCUT2D eigenvalue weighted by Gasteiger charge is 2.51. The lowest BCUT2D eigenvalue weighted by Crippen LogP contribution is -2.67. The van der Waals surface area contributed by atoms with Gasteiger partial charge in [-0.3, -0.25) is 0 Å². The predicted octanol–water partition coefficient (Wildman–Crippen LogP) is 10.8. The minimum Gasteiger partial charge on any atom is -0.455 e. The minimum absolute atomic E-state index is 0.0422. The van der Waals surface area contributed by atoms with Crippen LogP contribution in [0.3, 0.4) is 0 Å². The molecule has 2 saturated heterocycles. The van der Waals surface area contributed by atoms with Crippen molar-refractivity contribution in [2.75, 3.05) is 13.9 Å². The van der Waals surface area contributed by atoms with Gasteiger partial charge in [0, 0.05) is 38.4 Å². The van der Waals surface area contributed by atoms with Crippen molar-refractivity contribution in [1.82, 2.24) is 0 Å². The number of esters is 1. The number of allylic oxidation sites excluding steroid dienone is 2. The van der Waals surface area contributed by atoms with Gasteiger partial charge in [0.05, 0.1) is 36.6 Å². The third-order valence-corrected chi connectivity index (χ3v) is 17.8. The van der Waals surface area contributed by atoms with Gasteiger partial charge in [0.1, 0.15) is 12.9 Å². The van der Waals surface area contributed by atoms with Crippen LogP contribution in [-0.2, 0) is 32.9 Å². The fourth-order valence-electron chi connectivity index (χ4n) is 9.34. The van der Waals surface area contributed by atoms with Crippen molar-refractivity contribution < 1.29 is 32.9 Å². The van der Waals surface area contributed by atoms with E-state index in [0.29, 0.717) is 24.3 Å². The average Bonchev–Trinajstić information content (AvgIpc) is 4.03. The summed E-state index contributed by atoms with van der Waals surface area (Å²) in [6, 6.07) is 21.4. The zero-order valence-electron chi connectivity index (χ0n) is 39.0. The molecule has 62 heavy (non-hydrogen) atoms. The van der Waals surface area contributed by atoms with Gasteiger partial charge in [0.2, 0.25) is 0 Å². The summed E-state index contributed by atoms with van der Waals surface area (Å²) in [7, 11) is -1.19. The summed E-state index contributed by atoms with van der Waals surface area (Å²) >= 11 is 0. The maximum atomic E-state index is 12.9. The van der Waals surface area contributed by atoms with Gasteiger partial charge in [-0.15, -0.1) is 11.8 Å². The van der Waals surface area contributed by atoms with Crippen LogP contribution in [0.5, 0.6) is 0 Å². The highest BCUT2D eigenvalue weighted by atomic mass is 28.4. The van der Waals surface area contributed by atoms with E-state index in [2.05, 4.69) is 125 Å². The first-order valence-electron chi connectivity index (χ1n) is 23.8.